The number of hydrogen-bond acceptors (Lipinski definition) is 5. The molecule has 7 nitrogen and oxygen atoms in total. The summed E-state index contributed by atoms with van der Waals surface area (Å²) in [5, 5.41) is 9.17. The zero-order chi connectivity index (χ0) is 24.3. The molecule has 0 radical (unpaired) electrons. The molecule has 0 saturated carbocycles. The number of halogens is 6. The van der Waals surface area contributed by atoms with Gasteiger partial charge in [-0.3, -0.25) is 0 Å². The van der Waals surface area contributed by atoms with E-state index in [4.69, 9.17) is 0 Å². The molecule has 0 aliphatic rings. The number of aryl methyl sites for hydroxylation is 1. The predicted octanol–water partition coefficient (Wildman–Crippen LogP) is 3.89. The number of rotatable bonds is 10. The maximum Gasteiger partial charge on any atom is 0.480 e. The number of pyridine rings is 1. The number of sulfonamides is 2. The predicted molar refractivity (Wildman–Crippen MR) is 99.2 cm³/mol. The quantitative estimate of drug-likeness (QED) is 0.297. The molecule has 0 fully saturated rings. The summed E-state index contributed by atoms with van der Waals surface area (Å²) in [6.07, 6.45) is 9.94. The fraction of sp³-hybridized carbons (Fsp3) is 0.688. The van der Waals surface area contributed by atoms with Crippen molar-refractivity contribution in [1.82, 2.24) is 0 Å². The normalized spacial score (nSPS) is 12.9. The molecular weight excluding hydrogens is 478 g/mol. The van der Waals surface area contributed by atoms with Gasteiger partial charge in [-0.15, -0.1) is 0 Å². The number of aliphatic hydroxyl groups excluding tert-OH is 1. The minimum atomic E-state index is -6.72. The molecule has 182 valence electrons. The maximum atomic E-state index is 11.4. The molecule has 31 heavy (non-hydrogen) atoms. The van der Waals surface area contributed by atoms with E-state index >= 15 is 0 Å². The average Bonchev–Trinajstić information content (AvgIpc) is 2.63. The molecule has 15 heteroatoms. The monoisotopic (exact) mass is 502 g/mol. The summed E-state index contributed by atoms with van der Waals surface area (Å²) >= 11 is 0. The van der Waals surface area contributed by atoms with Gasteiger partial charge in [0.2, 0.25) is 5.69 Å². The molecule has 1 aromatic rings. The van der Waals surface area contributed by atoms with Crippen molar-refractivity contribution in [3.8, 4) is 0 Å². The number of nitrogens with zero attached hydrogens (tertiary/aromatic N) is 2. The van der Waals surface area contributed by atoms with E-state index in [0.29, 0.717) is 0 Å². The summed E-state index contributed by atoms with van der Waals surface area (Å²) in [5.74, 6) is 0. The van der Waals surface area contributed by atoms with Crippen molar-refractivity contribution in [2.45, 2.75) is 69.6 Å². The van der Waals surface area contributed by atoms with Crippen molar-refractivity contribution < 1.29 is 52.9 Å². The third-order valence-electron chi connectivity index (χ3n) is 3.73. The fourth-order valence-electron chi connectivity index (χ4n) is 2.15. The summed E-state index contributed by atoms with van der Waals surface area (Å²) in [7, 11) is -13.4. The fourth-order valence-corrected chi connectivity index (χ4v) is 3.86. The first-order valence-corrected chi connectivity index (χ1v) is 11.9. The molecule has 0 saturated heterocycles. The van der Waals surface area contributed by atoms with Crippen LogP contribution in [-0.2, 0) is 33.2 Å². The second-order valence-corrected chi connectivity index (χ2v) is 9.65. The van der Waals surface area contributed by atoms with Crippen molar-refractivity contribution in [2.24, 2.45) is 0 Å². The standard InChI is InChI=1S/C14H24NO.C2F6NO4S2/c1-2-3-4-5-6-8-11-15-12-9-7-10-14(15)13-16;3-1(4,5)14(10,11)9-15(12,13)2(6,7)8/h7,9-10,12,16H,2-6,8,11,13H2,1H3;/q+1;-1. The Balaban J connectivity index is 0.000000582. The van der Waals surface area contributed by atoms with E-state index in [-0.39, 0.29) is 6.61 Å². The van der Waals surface area contributed by atoms with Crippen molar-refractivity contribution in [3.63, 3.8) is 0 Å². The Morgan fingerprint density at radius 3 is 1.81 bits per heavy atom. The van der Waals surface area contributed by atoms with Gasteiger partial charge in [0.05, 0.1) is 0 Å². The minimum Gasteiger partial charge on any atom is -0.421 e. The van der Waals surface area contributed by atoms with Gasteiger partial charge in [-0.25, -0.2) is 21.4 Å². The van der Waals surface area contributed by atoms with Crippen LogP contribution in [-0.4, -0.2) is 33.0 Å². The van der Waals surface area contributed by atoms with Gasteiger partial charge in [-0.2, -0.15) is 26.3 Å². The second kappa shape index (κ2) is 12.6. The van der Waals surface area contributed by atoms with E-state index in [1.54, 1.807) is 0 Å². The Morgan fingerprint density at radius 1 is 0.871 bits per heavy atom. The van der Waals surface area contributed by atoms with Gasteiger partial charge in [0.1, 0.15) is 13.2 Å². The van der Waals surface area contributed by atoms with E-state index in [9.17, 15) is 48.3 Å². The molecular formula is C16H24F6N2O5S2. The third kappa shape index (κ3) is 10.6. The maximum absolute atomic E-state index is 11.4. The number of aromatic nitrogens is 1. The van der Waals surface area contributed by atoms with Crippen LogP contribution in [0.5, 0.6) is 0 Å². The van der Waals surface area contributed by atoms with Gasteiger partial charge in [0.15, 0.2) is 26.2 Å². The van der Waals surface area contributed by atoms with Crippen LogP contribution in [0.25, 0.3) is 4.13 Å². The Bertz CT molecular complexity index is 829. The van der Waals surface area contributed by atoms with Crippen LogP contribution in [0.4, 0.5) is 26.3 Å². The molecule has 0 spiro atoms. The summed E-state index contributed by atoms with van der Waals surface area (Å²) < 4.78 is 111. The molecule has 1 heterocycles. The number of aliphatic hydroxyl groups is 1. The summed E-state index contributed by atoms with van der Waals surface area (Å²) in [4.78, 5) is 0. The van der Waals surface area contributed by atoms with Crippen LogP contribution < -0.4 is 4.57 Å². The molecule has 0 aliphatic carbocycles. The number of unbranched alkanes of at least 4 members (excludes halogenated alkanes) is 5. The van der Waals surface area contributed by atoms with Crippen LogP contribution >= 0.6 is 0 Å². The Morgan fingerprint density at radius 2 is 1.35 bits per heavy atom. The first kappa shape index (κ1) is 29.5. The highest BCUT2D eigenvalue weighted by Crippen LogP contribution is 2.36. The van der Waals surface area contributed by atoms with Gasteiger partial charge in [0, 0.05) is 18.6 Å². The first-order valence-electron chi connectivity index (χ1n) is 9.04. The summed E-state index contributed by atoms with van der Waals surface area (Å²) in [6.45, 7) is 3.41. The minimum absolute atomic E-state index is 0.136. The van der Waals surface area contributed by atoms with Crippen molar-refractivity contribution in [1.29, 1.82) is 0 Å². The van der Waals surface area contributed by atoms with Crippen molar-refractivity contribution in [3.05, 3.63) is 34.2 Å². The zero-order valence-corrected chi connectivity index (χ0v) is 18.2. The molecule has 1 N–H and O–H groups in total. The van der Waals surface area contributed by atoms with Gasteiger partial charge in [-0.1, -0.05) is 38.7 Å². The van der Waals surface area contributed by atoms with Crippen LogP contribution in [0.2, 0.25) is 0 Å². The number of alkyl halides is 6. The molecule has 0 atom stereocenters. The molecule has 0 amide bonds. The molecule has 0 unspecified atom stereocenters. The highest BCUT2D eigenvalue weighted by atomic mass is 32.3. The lowest BCUT2D eigenvalue weighted by Crippen LogP contribution is -2.37. The Hall–Kier alpha value is -1.45. The smallest absolute Gasteiger partial charge is 0.421 e. The summed E-state index contributed by atoms with van der Waals surface area (Å²) in [5.41, 5.74) is -11.4. The first-order chi connectivity index (χ1) is 14.1. The molecule has 1 rings (SSSR count). The van der Waals surface area contributed by atoms with E-state index in [0.717, 1.165) is 16.4 Å². The van der Waals surface area contributed by atoms with Gasteiger partial charge < -0.3 is 9.23 Å². The van der Waals surface area contributed by atoms with Crippen LogP contribution in [0, 0.1) is 0 Å². The lowest BCUT2D eigenvalue weighted by atomic mass is 10.1. The highest BCUT2D eigenvalue weighted by molar-refractivity contribution is 8.13. The van der Waals surface area contributed by atoms with Crippen LogP contribution in [0.3, 0.4) is 0 Å². The molecule has 0 aromatic carbocycles. The lowest BCUT2D eigenvalue weighted by molar-refractivity contribution is -0.706. The Kier molecular flexibility index (Phi) is 12.0. The van der Waals surface area contributed by atoms with Gasteiger partial charge in [-0.05, 0) is 6.42 Å². The van der Waals surface area contributed by atoms with Crippen molar-refractivity contribution >= 4 is 20.0 Å². The third-order valence-corrected chi connectivity index (χ3v) is 6.47. The van der Waals surface area contributed by atoms with Crippen LogP contribution in [0.15, 0.2) is 24.4 Å². The van der Waals surface area contributed by atoms with Gasteiger partial charge in [0.25, 0.3) is 0 Å². The largest absolute Gasteiger partial charge is 0.480 e. The molecule has 0 bridgehead atoms. The molecule has 0 aliphatic heterocycles. The summed E-state index contributed by atoms with van der Waals surface area (Å²) in [6, 6.07) is 5.98. The van der Waals surface area contributed by atoms with E-state index in [2.05, 4.69) is 17.7 Å². The van der Waals surface area contributed by atoms with Crippen LogP contribution in [0.1, 0.15) is 51.1 Å². The highest BCUT2D eigenvalue weighted by Gasteiger charge is 2.46. The SMILES string of the molecule is CCCCCCCC[n+]1ccccc1CO.O=S(=O)([N-]S(=O)(=O)C(F)(F)F)C(F)(F)F. The van der Waals surface area contributed by atoms with E-state index in [1.807, 2.05) is 18.2 Å². The van der Waals surface area contributed by atoms with E-state index < -0.39 is 31.1 Å². The Labute approximate surface area is 177 Å². The van der Waals surface area contributed by atoms with Gasteiger partial charge >= 0.3 is 11.0 Å². The van der Waals surface area contributed by atoms with E-state index in [1.165, 1.54) is 38.5 Å². The number of hydrogen-bond donors (Lipinski definition) is 1. The van der Waals surface area contributed by atoms with Crippen molar-refractivity contribution in [2.75, 3.05) is 0 Å². The average molecular weight is 502 g/mol. The lowest BCUT2D eigenvalue weighted by Gasteiger charge is -2.22. The zero-order valence-electron chi connectivity index (χ0n) is 16.5. The molecule has 1 aromatic heterocycles. The topological polar surface area (TPSA) is 106 Å². The second-order valence-electron chi connectivity index (χ2n) is 6.23.